The average molecular weight is 491 g/mol. The van der Waals surface area contributed by atoms with E-state index in [1.54, 1.807) is 17.1 Å². The molecule has 0 radical (unpaired) electrons. The lowest BCUT2D eigenvalue weighted by atomic mass is 10.2. The molecule has 0 atom stereocenters. The molecule has 0 fully saturated rings. The van der Waals surface area contributed by atoms with Crippen molar-refractivity contribution in [3.8, 4) is 0 Å². The van der Waals surface area contributed by atoms with E-state index in [4.69, 9.17) is 35.4 Å². The normalized spacial score (nSPS) is 11.5. The van der Waals surface area contributed by atoms with Gasteiger partial charge in [-0.15, -0.1) is 0 Å². The Morgan fingerprint density at radius 3 is 2.65 bits per heavy atom. The summed E-state index contributed by atoms with van der Waals surface area (Å²) in [6.07, 6.45) is -0.638. The fourth-order valence-corrected chi connectivity index (χ4v) is 3.50. The Morgan fingerprint density at radius 2 is 1.97 bits per heavy atom. The van der Waals surface area contributed by atoms with E-state index in [-0.39, 0.29) is 17.3 Å². The SMILES string of the molecule is Cc1c(Cl)c(C(F)(F)F)nn1CCCNC(=S)Nc1cnn(Cc2ccccc2Cl)c1. The molecule has 6 nitrogen and oxygen atoms in total. The number of thiocarbonyl (C=S) groups is 1. The molecule has 2 N–H and O–H groups in total. The molecule has 3 rings (SSSR count). The predicted molar refractivity (Wildman–Crippen MR) is 119 cm³/mol. The minimum Gasteiger partial charge on any atom is -0.362 e. The van der Waals surface area contributed by atoms with Crippen LogP contribution in [0.25, 0.3) is 0 Å². The molecular formula is C19H19Cl2F3N6S. The second-order valence-corrected chi connectivity index (χ2v) is 7.91. The van der Waals surface area contributed by atoms with Gasteiger partial charge in [-0.3, -0.25) is 9.36 Å². The van der Waals surface area contributed by atoms with Crippen molar-refractivity contribution in [2.24, 2.45) is 0 Å². The molecule has 0 aliphatic carbocycles. The minimum atomic E-state index is -4.58. The fourth-order valence-electron chi connectivity index (χ4n) is 2.84. The number of anilines is 1. The third-order valence-electron chi connectivity index (χ3n) is 4.42. The first kappa shape index (κ1) is 23.4. The van der Waals surface area contributed by atoms with Crippen molar-refractivity contribution in [3.05, 3.63) is 63.7 Å². The van der Waals surface area contributed by atoms with Gasteiger partial charge >= 0.3 is 6.18 Å². The molecule has 0 amide bonds. The summed E-state index contributed by atoms with van der Waals surface area (Å²) in [4.78, 5) is 0. The maximum atomic E-state index is 12.9. The van der Waals surface area contributed by atoms with Gasteiger partial charge in [0.2, 0.25) is 0 Å². The number of halogens is 5. The zero-order valence-corrected chi connectivity index (χ0v) is 18.7. The number of aromatic nitrogens is 4. The highest BCUT2D eigenvalue weighted by Gasteiger charge is 2.38. The van der Waals surface area contributed by atoms with Crippen LogP contribution in [-0.2, 0) is 19.3 Å². The summed E-state index contributed by atoms with van der Waals surface area (Å²) in [7, 11) is 0. The number of alkyl halides is 3. The van der Waals surface area contributed by atoms with Gasteiger partial charge in [0.15, 0.2) is 10.8 Å². The van der Waals surface area contributed by atoms with Gasteiger partial charge in [0.1, 0.15) is 0 Å². The highest BCUT2D eigenvalue weighted by atomic mass is 35.5. The summed E-state index contributed by atoms with van der Waals surface area (Å²) >= 11 is 17.2. The van der Waals surface area contributed by atoms with Crippen LogP contribution in [0.5, 0.6) is 0 Å². The van der Waals surface area contributed by atoms with Crippen LogP contribution in [0, 0.1) is 6.92 Å². The van der Waals surface area contributed by atoms with Gasteiger partial charge in [0.25, 0.3) is 0 Å². The molecule has 0 aliphatic rings. The van der Waals surface area contributed by atoms with E-state index in [0.717, 1.165) is 5.56 Å². The summed E-state index contributed by atoms with van der Waals surface area (Å²) in [5.41, 5.74) is 0.863. The van der Waals surface area contributed by atoms with Crippen LogP contribution in [0.15, 0.2) is 36.7 Å². The maximum absolute atomic E-state index is 12.9. The number of hydrogen-bond acceptors (Lipinski definition) is 3. The summed E-state index contributed by atoms with van der Waals surface area (Å²) in [6.45, 7) is 2.74. The highest BCUT2D eigenvalue weighted by Crippen LogP contribution is 2.35. The standard InChI is InChI=1S/C19H19Cl2F3N6S/c1-12-16(21)17(19(22,23)24)28-30(12)8-4-7-25-18(31)27-14-9-26-29(11-14)10-13-5-2-3-6-15(13)20/h2-3,5-6,9,11H,4,7-8,10H2,1H3,(H2,25,27,31). The van der Waals surface area contributed by atoms with Crippen LogP contribution >= 0.6 is 35.4 Å². The first-order valence-corrected chi connectivity index (χ1v) is 10.4. The van der Waals surface area contributed by atoms with Crippen LogP contribution in [0.3, 0.4) is 0 Å². The zero-order valence-electron chi connectivity index (χ0n) is 16.4. The molecule has 0 unspecified atom stereocenters. The molecule has 12 heteroatoms. The fraction of sp³-hybridized carbons (Fsp3) is 0.316. The van der Waals surface area contributed by atoms with Crippen molar-refractivity contribution in [1.82, 2.24) is 24.9 Å². The molecule has 2 heterocycles. The van der Waals surface area contributed by atoms with Gasteiger partial charge in [0, 0.05) is 24.3 Å². The minimum absolute atomic E-state index is 0.271. The Balaban J connectivity index is 1.45. The summed E-state index contributed by atoms with van der Waals surface area (Å²) in [5.74, 6) is 0. The molecule has 0 aliphatic heterocycles. The van der Waals surface area contributed by atoms with Crippen LogP contribution < -0.4 is 10.6 Å². The van der Waals surface area contributed by atoms with Crippen LogP contribution in [0.1, 0.15) is 23.4 Å². The third kappa shape index (κ3) is 6.11. The van der Waals surface area contributed by atoms with Gasteiger partial charge in [0.05, 0.1) is 29.1 Å². The summed E-state index contributed by atoms with van der Waals surface area (Å²) < 4.78 is 41.6. The number of benzene rings is 1. The molecule has 0 spiro atoms. The monoisotopic (exact) mass is 490 g/mol. The van der Waals surface area contributed by atoms with Gasteiger partial charge < -0.3 is 10.6 Å². The lowest BCUT2D eigenvalue weighted by Crippen LogP contribution is -2.29. The quantitative estimate of drug-likeness (QED) is 0.354. The third-order valence-corrected chi connectivity index (χ3v) is 5.48. The van der Waals surface area contributed by atoms with Crippen molar-refractivity contribution < 1.29 is 13.2 Å². The van der Waals surface area contributed by atoms with Crippen molar-refractivity contribution in [1.29, 1.82) is 0 Å². The Kier molecular flexibility index (Phi) is 7.45. The first-order valence-electron chi connectivity index (χ1n) is 9.26. The topological polar surface area (TPSA) is 59.7 Å². The van der Waals surface area contributed by atoms with E-state index in [0.29, 0.717) is 35.3 Å². The second kappa shape index (κ2) is 9.88. The van der Waals surface area contributed by atoms with Crippen LogP contribution in [0.4, 0.5) is 18.9 Å². The predicted octanol–water partition coefficient (Wildman–Crippen LogP) is 5.14. The number of nitrogens with one attached hydrogen (secondary N) is 2. The molecule has 31 heavy (non-hydrogen) atoms. The van der Waals surface area contributed by atoms with Gasteiger partial charge in [-0.25, -0.2) is 0 Å². The molecule has 0 bridgehead atoms. The Labute approximate surface area is 192 Å². The number of aryl methyl sites for hydroxylation is 1. The zero-order chi connectivity index (χ0) is 22.6. The molecule has 0 saturated carbocycles. The number of nitrogens with zero attached hydrogens (tertiary/aromatic N) is 4. The van der Waals surface area contributed by atoms with Gasteiger partial charge in [-0.1, -0.05) is 41.4 Å². The van der Waals surface area contributed by atoms with Crippen LogP contribution in [-0.4, -0.2) is 31.2 Å². The maximum Gasteiger partial charge on any atom is 0.436 e. The summed E-state index contributed by atoms with van der Waals surface area (Å²) in [5, 5.41) is 14.5. The smallest absolute Gasteiger partial charge is 0.362 e. The van der Waals surface area contributed by atoms with Gasteiger partial charge in [-0.05, 0) is 37.2 Å². The van der Waals surface area contributed by atoms with Crippen LogP contribution in [0.2, 0.25) is 10.0 Å². The Hall–Kier alpha value is -2.30. The van der Waals surface area contributed by atoms with E-state index in [2.05, 4.69) is 20.8 Å². The molecule has 2 aromatic heterocycles. The molecule has 0 saturated heterocycles. The van der Waals surface area contributed by atoms with E-state index in [9.17, 15) is 13.2 Å². The number of hydrogen-bond donors (Lipinski definition) is 2. The number of rotatable bonds is 7. The highest BCUT2D eigenvalue weighted by molar-refractivity contribution is 7.80. The lowest BCUT2D eigenvalue weighted by molar-refractivity contribution is -0.141. The molecule has 3 aromatic rings. The van der Waals surface area contributed by atoms with Crippen molar-refractivity contribution in [3.63, 3.8) is 0 Å². The largest absolute Gasteiger partial charge is 0.436 e. The van der Waals surface area contributed by atoms with E-state index in [1.165, 1.54) is 11.6 Å². The van der Waals surface area contributed by atoms with Crippen molar-refractivity contribution >= 4 is 46.2 Å². The molecular weight excluding hydrogens is 472 g/mol. The molecule has 1 aromatic carbocycles. The van der Waals surface area contributed by atoms with E-state index < -0.39 is 11.9 Å². The Bertz CT molecular complexity index is 1060. The Morgan fingerprint density at radius 1 is 1.23 bits per heavy atom. The lowest BCUT2D eigenvalue weighted by Gasteiger charge is -2.09. The summed E-state index contributed by atoms with van der Waals surface area (Å²) in [6, 6.07) is 7.52. The van der Waals surface area contributed by atoms with E-state index >= 15 is 0 Å². The second-order valence-electron chi connectivity index (χ2n) is 6.72. The average Bonchev–Trinajstić information content (AvgIpc) is 3.25. The molecule has 166 valence electrons. The van der Waals surface area contributed by atoms with Crippen molar-refractivity contribution in [2.45, 2.75) is 32.6 Å². The van der Waals surface area contributed by atoms with Crippen molar-refractivity contribution in [2.75, 3.05) is 11.9 Å². The van der Waals surface area contributed by atoms with E-state index in [1.807, 2.05) is 24.3 Å². The van der Waals surface area contributed by atoms with Gasteiger partial charge in [-0.2, -0.15) is 23.4 Å². The first-order chi connectivity index (χ1) is 14.6.